The van der Waals surface area contributed by atoms with E-state index in [9.17, 15) is 0 Å². The van der Waals surface area contributed by atoms with E-state index >= 15 is 0 Å². The van der Waals surface area contributed by atoms with Gasteiger partial charge in [-0.3, -0.25) is 0 Å². The molecule has 0 saturated carbocycles. The van der Waals surface area contributed by atoms with Crippen LogP contribution in [-0.4, -0.2) is 34.8 Å². The highest BCUT2D eigenvalue weighted by atomic mass is 32.2. The molecule has 0 aromatic heterocycles. The van der Waals surface area contributed by atoms with Crippen LogP contribution in [0.1, 0.15) is 11.1 Å². The maximum atomic E-state index is 4.31. The molecule has 0 atom stereocenters. The minimum absolute atomic E-state index is 0.878. The first-order valence-corrected chi connectivity index (χ1v) is 10.3. The molecule has 0 bridgehead atoms. The molecule has 2 aromatic carbocycles. The van der Waals surface area contributed by atoms with E-state index in [1.165, 1.54) is 32.1 Å². The Morgan fingerprint density at radius 2 is 0.923 bits per heavy atom. The molecule has 1 aliphatic rings. The van der Waals surface area contributed by atoms with Gasteiger partial charge >= 0.3 is 0 Å². The van der Waals surface area contributed by atoms with E-state index < -0.39 is 0 Å². The summed E-state index contributed by atoms with van der Waals surface area (Å²) in [6, 6.07) is 17.4. The van der Waals surface area contributed by atoms with E-state index in [4.69, 9.17) is 0 Å². The third-order valence-corrected chi connectivity index (χ3v) is 6.11. The van der Waals surface area contributed by atoms with Crippen molar-refractivity contribution in [1.82, 2.24) is 8.61 Å². The van der Waals surface area contributed by atoms with Crippen LogP contribution in [0, 0.1) is 13.8 Å². The zero-order valence-corrected chi connectivity index (χ0v) is 17.2. The summed E-state index contributed by atoms with van der Waals surface area (Å²) in [5.41, 5.74) is 5.05. The van der Waals surface area contributed by atoms with Crippen molar-refractivity contribution < 1.29 is 0 Å². The Labute approximate surface area is 166 Å². The van der Waals surface area contributed by atoms with Gasteiger partial charge in [0.25, 0.3) is 0 Å². The monoisotopic (exact) mass is 382 g/mol. The fourth-order valence-corrected chi connectivity index (χ4v) is 4.94. The first-order chi connectivity index (χ1) is 12.5. The Kier molecular flexibility index (Phi) is 6.65. The molecule has 4 heteroatoms. The van der Waals surface area contributed by atoms with Gasteiger partial charge in [-0.25, -0.2) is 8.61 Å². The van der Waals surface area contributed by atoms with E-state index in [0.717, 1.165) is 26.2 Å². The number of benzene rings is 2. The van der Waals surface area contributed by atoms with Crippen LogP contribution >= 0.6 is 23.9 Å². The van der Waals surface area contributed by atoms with Crippen molar-refractivity contribution in [3.05, 3.63) is 84.0 Å². The first kappa shape index (κ1) is 19.3. The van der Waals surface area contributed by atoms with Crippen LogP contribution < -0.4 is 0 Å². The van der Waals surface area contributed by atoms with Gasteiger partial charge in [0.1, 0.15) is 0 Å². The number of hydrogen-bond acceptors (Lipinski definition) is 4. The second-order valence-electron chi connectivity index (χ2n) is 6.90. The summed E-state index contributed by atoms with van der Waals surface area (Å²) >= 11 is 3.59. The smallest absolute Gasteiger partial charge is 0.0317 e. The van der Waals surface area contributed by atoms with Crippen LogP contribution in [0.2, 0.25) is 0 Å². The third kappa shape index (κ3) is 5.78. The zero-order chi connectivity index (χ0) is 18.5. The Hall–Kier alpha value is -1.46. The van der Waals surface area contributed by atoms with Crippen molar-refractivity contribution in [2.24, 2.45) is 0 Å². The zero-order valence-electron chi connectivity index (χ0n) is 15.6. The van der Waals surface area contributed by atoms with E-state index in [-0.39, 0.29) is 0 Å². The lowest BCUT2D eigenvalue weighted by molar-refractivity contribution is 0.449. The Morgan fingerprint density at radius 1 is 0.615 bits per heavy atom. The molecular weight excluding hydrogens is 356 g/mol. The van der Waals surface area contributed by atoms with Crippen molar-refractivity contribution in [2.75, 3.05) is 26.2 Å². The molecule has 0 spiro atoms. The van der Waals surface area contributed by atoms with Crippen molar-refractivity contribution in [3.8, 4) is 0 Å². The van der Waals surface area contributed by atoms with Gasteiger partial charge < -0.3 is 0 Å². The Bertz CT molecular complexity index is 682. The van der Waals surface area contributed by atoms with E-state index in [2.05, 4.69) is 84.1 Å². The molecule has 1 heterocycles. The normalized spacial score (nSPS) is 17.2. The number of rotatable bonds is 4. The molecule has 3 rings (SSSR count). The molecule has 0 N–H and O–H groups in total. The molecule has 2 aromatic rings. The summed E-state index contributed by atoms with van der Waals surface area (Å²) < 4.78 is 4.73. The van der Waals surface area contributed by atoms with Crippen molar-refractivity contribution >= 4 is 23.9 Å². The maximum absolute atomic E-state index is 4.31. The van der Waals surface area contributed by atoms with Gasteiger partial charge in [-0.2, -0.15) is 0 Å². The average molecular weight is 383 g/mol. The van der Waals surface area contributed by atoms with Crippen LogP contribution in [0.4, 0.5) is 0 Å². The minimum atomic E-state index is 0.878. The summed E-state index contributed by atoms with van der Waals surface area (Å²) in [7, 11) is 0. The molecule has 1 fully saturated rings. The molecule has 0 aliphatic carbocycles. The Morgan fingerprint density at radius 3 is 1.23 bits per heavy atom. The minimum Gasteiger partial charge on any atom is -0.238 e. The SMILES string of the molecule is C=C1CN(Sc2ccc(C)cc2)CC(=C)CN(Sc2ccc(C)cc2)C1. The quantitative estimate of drug-likeness (QED) is 0.490. The average Bonchev–Trinajstić information content (AvgIpc) is 2.57. The largest absolute Gasteiger partial charge is 0.238 e. The lowest BCUT2D eigenvalue weighted by Crippen LogP contribution is -2.33. The standard InChI is InChI=1S/C22H26N2S2/c1-17-5-9-21(10-6-17)25-23-13-19(3)15-24(16-20(4)14-23)26-22-11-7-18(2)8-12-22/h5-12H,3-4,13-16H2,1-2H3. The Balaban J connectivity index is 1.62. The van der Waals surface area contributed by atoms with Crippen molar-refractivity contribution in [2.45, 2.75) is 23.6 Å². The fraction of sp³-hybridized carbons (Fsp3) is 0.273. The van der Waals surface area contributed by atoms with Gasteiger partial charge in [0.05, 0.1) is 0 Å². The van der Waals surface area contributed by atoms with Gasteiger partial charge in [0.15, 0.2) is 0 Å². The third-order valence-electron chi connectivity index (χ3n) is 4.11. The molecule has 0 unspecified atom stereocenters. The van der Waals surface area contributed by atoms with Gasteiger partial charge in [0.2, 0.25) is 0 Å². The number of nitrogens with zero attached hydrogens (tertiary/aromatic N) is 2. The number of aryl methyl sites for hydroxylation is 2. The lowest BCUT2D eigenvalue weighted by Gasteiger charge is -2.31. The summed E-state index contributed by atoms with van der Waals surface area (Å²) in [5.74, 6) is 0. The summed E-state index contributed by atoms with van der Waals surface area (Å²) in [5, 5.41) is 0. The van der Waals surface area contributed by atoms with E-state index in [1.54, 1.807) is 23.9 Å². The van der Waals surface area contributed by atoms with Crippen LogP contribution in [0.15, 0.2) is 82.6 Å². The summed E-state index contributed by atoms with van der Waals surface area (Å²) in [6.07, 6.45) is 0. The van der Waals surface area contributed by atoms with E-state index in [1.807, 2.05) is 0 Å². The van der Waals surface area contributed by atoms with E-state index in [0.29, 0.717) is 0 Å². The fourth-order valence-electron chi connectivity index (χ4n) is 2.83. The molecule has 0 radical (unpaired) electrons. The van der Waals surface area contributed by atoms with Crippen molar-refractivity contribution in [3.63, 3.8) is 0 Å². The molecule has 26 heavy (non-hydrogen) atoms. The predicted octanol–water partition coefficient (Wildman–Crippen LogP) is 5.75. The van der Waals surface area contributed by atoms with Gasteiger partial charge in [-0.1, -0.05) is 48.6 Å². The van der Waals surface area contributed by atoms with Gasteiger partial charge in [0, 0.05) is 36.0 Å². The summed E-state index contributed by atoms with van der Waals surface area (Å²) in [6.45, 7) is 16.4. The van der Waals surface area contributed by atoms with Gasteiger partial charge in [-0.15, -0.1) is 0 Å². The first-order valence-electron chi connectivity index (χ1n) is 8.80. The molecule has 1 saturated heterocycles. The molecule has 136 valence electrons. The summed E-state index contributed by atoms with van der Waals surface area (Å²) in [4.78, 5) is 2.53. The highest BCUT2D eigenvalue weighted by Crippen LogP contribution is 2.30. The van der Waals surface area contributed by atoms with Crippen LogP contribution in [-0.2, 0) is 0 Å². The van der Waals surface area contributed by atoms with Gasteiger partial charge in [-0.05, 0) is 73.2 Å². The highest BCUT2D eigenvalue weighted by molar-refractivity contribution is 7.97. The maximum Gasteiger partial charge on any atom is 0.0317 e. The molecule has 1 aliphatic heterocycles. The molecular formula is C22H26N2S2. The highest BCUT2D eigenvalue weighted by Gasteiger charge is 2.19. The predicted molar refractivity (Wildman–Crippen MR) is 115 cm³/mol. The van der Waals surface area contributed by atoms with Crippen LogP contribution in [0.5, 0.6) is 0 Å². The molecule has 2 nitrogen and oxygen atoms in total. The second-order valence-corrected chi connectivity index (χ2v) is 9.25. The molecule has 0 amide bonds. The van der Waals surface area contributed by atoms with Crippen molar-refractivity contribution in [1.29, 1.82) is 0 Å². The second kappa shape index (κ2) is 8.96. The topological polar surface area (TPSA) is 6.48 Å². The lowest BCUT2D eigenvalue weighted by atomic mass is 10.2. The van der Waals surface area contributed by atoms with Crippen LogP contribution in [0.25, 0.3) is 0 Å². The number of hydrogen-bond donors (Lipinski definition) is 0. The van der Waals surface area contributed by atoms with Crippen LogP contribution in [0.3, 0.4) is 0 Å².